The van der Waals surface area contributed by atoms with E-state index in [0.29, 0.717) is 33.1 Å². The molecule has 1 amide bonds. The number of nitrogens with zero attached hydrogens (tertiary/aromatic N) is 5. The minimum atomic E-state index is -4.48. The summed E-state index contributed by atoms with van der Waals surface area (Å²) in [6.45, 7) is 1.84. The number of amides is 1. The number of nitrogen functional groups attached to an aromatic ring is 1. The molecule has 4 heterocycles. The van der Waals surface area contributed by atoms with E-state index in [2.05, 4.69) is 15.0 Å². The van der Waals surface area contributed by atoms with Crippen LogP contribution >= 0.6 is 11.3 Å². The molecule has 0 radical (unpaired) electrons. The second-order valence-corrected chi connectivity index (χ2v) is 8.91. The molecule has 2 N–H and O–H groups in total. The molecule has 0 aliphatic rings. The van der Waals surface area contributed by atoms with E-state index in [9.17, 15) is 18.0 Å². The van der Waals surface area contributed by atoms with Crippen LogP contribution in [0.2, 0.25) is 0 Å². The number of rotatable bonds is 5. The van der Waals surface area contributed by atoms with Gasteiger partial charge in [-0.1, -0.05) is 0 Å². The number of alkyl halides is 3. The van der Waals surface area contributed by atoms with Crippen molar-refractivity contribution in [2.75, 3.05) is 5.73 Å². The molecule has 0 unspecified atom stereocenters. The van der Waals surface area contributed by atoms with E-state index in [-0.39, 0.29) is 12.5 Å². The summed E-state index contributed by atoms with van der Waals surface area (Å²) in [6.07, 6.45) is -0.223. The highest BCUT2D eigenvalue weighted by Gasteiger charge is 2.31. The van der Waals surface area contributed by atoms with Crippen molar-refractivity contribution in [1.29, 1.82) is 0 Å². The van der Waals surface area contributed by atoms with Crippen molar-refractivity contribution >= 4 is 39.6 Å². The van der Waals surface area contributed by atoms with Crippen molar-refractivity contribution in [2.24, 2.45) is 0 Å². The van der Waals surface area contributed by atoms with Gasteiger partial charge in [-0.15, -0.1) is 11.3 Å². The van der Waals surface area contributed by atoms with Crippen LogP contribution in [-0.4, -0.2) is 30.2 Å². The molecule has 11 heteroatoms. The number of carbonyl (C=O) groups excluding carboxylic acids is 1. The van der Waals surface area contributed by atoms with Gasteiger partial charge in [-0.25, -0.2) is 9.97 Å². The van der Waals surface area contributed by atoms with Crippen LogP contribution in [0.15, 0.2) is 66.4 Å². The third-order valence-electron chi connectivity index (χ3n) is 5.76. The highest BCUT2D eigenvalue weighted by atomic mass is 32.1. The molecule has 5 rings (SSSR count). The van der Waals surface area contributed by atoms with Gasteiger partial charge in [0.15, 0.2) is 0 Å². The lowest BCUT2D eigenvalue weighted by Gasteiger charge is -2.28. The molecule has 5 aromatic rings. The molecule has 0 fully saturated rings. The summed E-state index contributed by atoms with van der Waals surface area (Å²) in [5.74, 6) is 0.0717. The summed E-state index contributed by atoms with van der Waals surface area (Å²) >= 11 is 1.39. The first-order chi connectivity index (χ1) is 16.7. The van der Waals surface area contributed by atoms with E-state index >= 15 is 0 Å². The second-order valence-electron chi connectivity index (χ2n) is 7.98. The molecule has 0 aliphatic heterocycles. The molecular formula is C24H19F3N6OS. The zero-order valence-corrected chi connectivity index (χ0v) is 19.2. The molecule has 7 nitrogen and oxygen atoms in total. The van der Waals surface area contributed by atoms with Crippen molar-refractivity contribution in [3.63, 3.8) is 0 Å². The molecule has 178 valence electrons. The molecule has 1 atom stereocenters. The third-order valence-corrected chi connectivity index (χ3v) is 6.70. The number of anilines is 1. The minimum Gasteiger partial charge on any atom is -0.382 e. The largest absolute Gasteiger partial charge is 0.417 e. The van der Waals surface area contributed by atoms with E-state index in [0.717, 1.165) is 17.8 Å². The zero-order valence-electron chi connectivity index (χ0n) is 18.4. The SMILES string of the molecule is C[C@H](c1nccs1)N(Cc1ccc(C(F)(F)F)cn1)C(=O)c1ccc2nc(N)c3cccn3c2c1. The van der Waals surface area contributed by atoms with E-state index in [1.54, 1.807) is 34.7 Å². The van der Waals surface area contributed by atoms with E-state index in [4.69, 9.17) is 5.73 Å². The molecule has 0 bridgehead atoms. The van der Waals surface area contributed by atoms with E-state index in [1.165, 1.54) is 17.4 Å². The Hall–Kier alpha value is -3.99. The molecule has 0 aliphatic carbocycles. The first-order valence-corrected chi connectivity index (χ1v) is 11.5. The summed E-state index contributed by atoms with van der Waals surface area (Å²) in [4.78, 5) is 28.0. The lowest BCUT2D eigenvalue weighted by Crippen LogP contribution is -2.33. The molecule has 0 spiro atoms. The summed E-state index contributed by atoms with van der Waals surface area (Å²) in [5, 5.41) is 2.51. The number of carbonyl (C=O) groups is 1. The Morgan fingerprint density at radius 2 is 2.00 bits per heavy atom. The van der Waals surface area contributed by atoms with E-state index in [1.807, 2.05) is 29.7 Å². The number of fused-ring (bicyclic) bond motifs is 3. The molecule has 1 aromatic carbocycles. The average Bonchev–Trinajstić information content (AvgIpc) is 3.54. The Bertz CT molecular complexity index is 1510. The number of halogens is 3. The quantitative estimate of drug-likeness (QED) is 0.355. The van der Waals surface area contributed by atoms with Crippen molar-refractivity contribution in [3.8, 4) is 0 Å². The van der Waals surface area contributed by atoms with Crippen LogP contribution in [0.4, 0.5) is 19.0 Å². The number of hydrogen-bond acceptors (Lipinski definition) is 6. The van der Waals surface area contributed by atoms with Crippen molar-refractivity contribution in [2.45, 2.75) is 25.7 Å². The maximum atomic E-state index is 13.7. The monoisotopic (exact) mass is 496 g/mol. The van der Waals surface area contributed by atoms with Crippen LogP contribution in [0.3, 0.4) is 0 Å². The fraction of sp³-hybridized carbons (Fsp3) is 0.167. The Kier molecular flexibility index (Phi) is 5.64. The van der Waals surface area contributed by atoms with Crippen LogP contribution in [0.25, 0.3) is 16.6 Å². The first kappa shape index (κ1) is 22.8. The van der Waals surface area contributed by atoms with Gasteiger partial charge in [-0.05, 0) is 49.4 Å². The maximum absolute atomic E-state index is 13.7. The topological polar surface area (TPSA) is 89.4 Å². The fourth-order valence-electron chi connectivity index (χ4n) is 3.92. The van der Waals surface area contributed by atoms with Gasteiger partial charge in [0, 0.05) is 29.5 Å². The normalized spacial score (nSPS) is 12.8. The first-order valence-electron chi connectivity index (χ1n) is 10.6. The number of benzene rings is 1. The maximum Gasteiger partial charge on any atom is 0.417 e. The summed E-state index contributed by atoms with van der Waals surface area (Å²) < 4.78 is 40.7. The van der Waals surface area contributed by atoms with Crippen LogP contribution in [0.1, 0.15) is 39.6 Å². The molecular weight excluding hydrogens is 477 g/mol. The van der Waals surface area contributed by atoms with Gasteiger partial charge in [-0.2, -0.15) is 13.2 Å². The smallest absolute Gasteiger partial charge is 0.382 e. The number of hydrogen-bond donors (Lipinski definition) is 1. The number of aromatic nitrogens is 4. The van der Waals surface area contributed by atoms with Gasteiger partial charge in [0.1, 0.15) is 10.8 Å². The Morgan fingerprint density at radius 3 is 2.69 bits per heavy atom. The highest BCUT2D eigenvalue weighted by Crippen LogP contribution is 2.30. The molecule has 4 aromatic heterocycles. The van der Waals surface area contributed by atoms with Crippen molar-refractivity contribution in [3.05, 3.63) is 88.3 Å². The lowest BCUT2D eigenvalue weighted by molar-refractivity contribution is -0.137. The van der Waals surface area contributed by atoms with Gasteiger partial charge in [-0.3, -0.25) is 9.78 Å². The minimum absolute atomic E-state index is 0.00860. The Labute approximate surface area is 201 Å². The number of pyridine rings is 1. The van der Waals surface area contributed by atoms with Gasteiger partial charge in [0.25, 0.3) is 5.91 Å². The fourth-order valence-corrected chi connectivity index (χ4v) is 4.62. The van der Waals surface area contributed by atoms with Crippen LogP contribution in [0, 0.1) is 0 Å². The Balaban J connectivity index is 1.54. The predicted octanol–water partition coefficient (Wildman–Crippen LogP) is 5.34. The van der Waals surface area contributed by atoms with Crippen LogP contribution in [0.5, 0.6) is 0 Å². The number of nitrogens with two attached hydrogens (primary N) is 1. The lowest BCUT2D eigenvalue weighted by atomic mass is 10.1. The van der Waals surface area contributed by atoms with Crippen molar-refractivity contribution < 1.29 is 18.0 Å². The van der Waals surface area contributed by atoms with Crippen LogP contribution in [-0.2, 0) is 12.7 Å². The highest BCUT2D eigenvalue weighted by molar-refractivity contribution is 7.09. The summed E-state index contributed by atoms with van der Waals surface area (Å²) in [7, 11) is 0. The van der Waals surface area contributed by atoms with Crippen LogP contribution < -0.4 is 5.73 Å². The molecule has 35 heavy (non-hydrogen) atoms. The second kappa shape index (κ2) is 8.66. The van der Waals surface area contributed by atoms with Gasteiger partial charge >= 0.3 is 6.18 Å². The predicted molar refractivity (Wildman–Crippen MR) is 127 cm³/mol. The summed E-state index contributed by atoms with van der Waals surface area (Å²) in [5.41, 5.74) is 7.99. The van der Waals surface area contributed by atoms with E-state index < -0.39 is 17.8 Å². The van der Waals surface area contributed by atoms with Gasteiger partial charge in [0.2, 0.25) is 0 Å². The summed E-state index contributed by atoms with van der Waals surface area (Å²) in [6, 6.07) is 10.6. The number of thiazole rings is 1. The average molecular weight is 497 g/mol. The standard InChI is InChI=1S/C24H19F3N6OS/c1-14(22-29-8-10-35-22)33(13-17-6-5-16(12-30-17)24(25,26)27)23(34)15-4-7-18-20(11-15)32-9-2-3-19(32)21(28)31-18/h2-12,14H,13H2,1H3,(H2,28,31)/t14-/m1/s1. The zero-order chi connectivity index (χ0) is 24.7. The molecule has 0 saturated carbocycles. The van der Waals surface area contributed by atoms with Gasteiger partial charge < -0.3 is 15.0 Å². The van der Waals surface area contributed by atoms with Gasteiger partial charge in [0.05, 0.1) is 40.4 Å². The third kappa shape index (κ3) is 4.30. The Morgan fingerprint density at radius 1 is 1.17 bits per heavy atom. The molecule has 0 saturated heterocycles. The van der Waals surface area contributed by atoms with Crippen molar-refractivity contribution in [1.82, 2.24) is 24.3 Å².